The van der Waals surface area contributed by atoms with Gasteiger partial charge in [-0.1, -0.05) is 44.7 Å². The first-order valence-electron chi connectivity index (χ1n) is 10.8. The van der Waals surface area contributed by atoms with Crippen LogP contribution < -0.4 is 24.8 Å². The van der Waals surface area contributed by atoms with Crippen molar-refractivity contribution in [3.05, 3.63) is 54.1 Å². The van der Waals surface area contributed by atoms with Gasteiger partial charge in [-0.2, -0.15) is 0 Å². The van der Waals surface area contributed by atoms with Gasteiger partial charge in [0.15, 0.2) is 16.6 Å². The minimum Gasteiger partial charge on any atom is -0.494 e. The summed E-state index contributed by atoms with van der Waals surface area (Å²) >= 11 is 5.25. The molecule has 0 saturated heterocycles. The van der Waals surface area contributed by atoms with Gasteiger partial charge in [0, 0.05) is 17.8 Å². The largest absolute Gasteiger partial charge is 0.494 e. The first-order chi connectivity index (χ1) is 15.5. The molecule has 7 heteroatoms. The summed E-state index contributed by atoms with van der Waals surface area (Å²) in [7, 11) is 3.14. The van der Waals surface area contributed by atoms with E-state index in [9.17, 15) is 4.79 Å². The molecule has 1 amide bonds. The summed E-state index contributed by atoms with van der Waals surface area (Å²) in [6.45, 7) is 2.89. The Hall–Kier alpha value is -3.06. The normalized spacial score (nSPS) is 10.6. The number of anilines is 1. The van der Waals surface area contributed by atoms with E-state index in [1.165, 1.54) is 31.8 Å². The third-order valence-corrected chi connectivity index (χ3v) is 4.88. The van der Waals surface area contributed by atoms with Gasteiger partial charge in [0.2, 0.25) is 5.91 Å². The molecule has 0 aromatic heterocycles. The van der Waals surface area contributed by atoms with E-state index < -0.39 is 0 Å². The van der Waals surface area contributed by atoms with Crippen molar-refractivity contribution in [1.82, 2.24) is 5.32 Å². The lowest BCUT2D eigenvalue weighted by Gasteiger charge is -2.11. The van der Waals surface area contributed by atoms with Crippen LogP contribution in [0.5, 0.6) is 17.2 Å². The van der Waals surface area contributed by atoms with Crippen LogP contribution in [0.15, 0.2) is 48.5 Å². The van der Waals surface area contributed by atoms with Crippen LogP contribution >= 0.6 is 12.2 Å². The molecule has 0 heterocycles. The highest BCUT2D eigenvalue weighted by Gasteiger charge is 2.05. The quantitative estimate of drug-likeness (QED) is 0.247. The SMILES string of the molecule is CCCCCCCOc1cccc(NC(=S)NC(=O)/C=C/c2ccc(OC)c(OC)c2)c1. The van der Waals surface area contributed by atoms with Crippen molar-refractivity contribution >= 4 is 35.0 Å². The van der Waals surface area contributed by atoms with Gasteiger partial charge in [-0.05, 0) is 54.5 Å². The van der Waals surface area contributed by atoms with Gasteiger partial charge in [0.1, 0.15) is 5.75 Å². The first kappa shape index (κ1) is 25.2. The fourth-order valence-electron chi connectivity index (χ4n) is 3.00. The Bertz CT molecular complexity index is 915. The molecule has 0 saturated carbocycles. The lowest BCUT2D eigenvalue weighted by molar-refractivity contribution is -0.115. The molecule has 2 N–H and O–H groups in total. The maximum absolute atomic E-state index is 12.2. The van der Waals surface area contributed by atoms with Crippen molar-refractivity contribution in [2.75, 3.05) is 26.1 Å². The topological polar surface area (TPSA) is 68.8 Å². The molecule has 0 atom stereocenters. The van der Waals surface area contributed by atoms with Crippen molar-refractivity contribution in [3.63, 3.8) is 0 Å². The zero-order valence-corrected chi connectivity index (χ0v) is 19.8. The summed E-state index contributed by atoms with van der Waals surface area (Å²) in [5.74, 6) is 1.65. The van der Waals surface area contributed by atoms with Crippen molar-refractivity contribution in [3.8, 4) is 17.2 Å². The van der Waals surface area contributed by atoms with Gasteiger partial charge < -0.3 is 19.5 Å². The van der Waals surface area contributed by atoms with Gasteiger partial charge in [-0.15, -0.1) is 0 Å². The number of benzene rings is 2. The summed E-state index contributed by atoms with van der Waals surface area (Å²) in [5.41, 5.74) is 1.55. The van der Waals surface area contributed by atoms with E-state index in [2.05, 4.69) is 17.6 Å². The Balaban J connectivity index is 1.81. The molecule has 0 aliphatic carbocycles. The second-order valence-corrected chi connectivity index (χ2v) is 7.59. The standard InChI is InChI=1S/C25H32N2O4S/c1-4-5-6-7-8-16-31-21-11-9-10-20(18-21)26-25(32)27-24(28)15-13-19-12-14-22(29-2)23(17-19)30-3/h9-15,17-18H,4-8,16H2,1-3H3,(H2,26,27,28,32)/b15-13+. The van der Waals surface area contributed by atoms with E-state index in [1.54, 1.807) is 32.4 Å². The second-order valence-electron chi connectivity index (χ2n) is 7.18. The summed E-state index contributed by atoms with van der Waals surface area (Å²) in [5, 5.41) is 5.86. The predicted octanol–water partition coefficient (Wildman–Crippen LogP) is 5.58. The molecule has 0 spiro atoms. The van der Waals surface area contributed by atoms with Crippen molar-refractivity contribution in [1.29, 1.82) is 0 Å². The maximum atomic E-state index is 12.2. The number of hydrogen-bond acceptors (Lipinski definition) is 5. The van der Waals surface area contributed by atoms with Gasteiger partial charge in [0.25, 0.3) is 0 Å². The monoisotopic (exact) mass is 456 g/mol. The molecule has 32 heavy (non-hydrogen) atoms. The van der Waals surface area contributed by atoms with E-state index in [0.717, 1.165) is 23.4 Å². The molecule has 0 radical (unpaired) electrons. The van der Waals surface area contributed by atoms with Gasteiger partial charge in [-0.3, -0.25) is 10.1 Å². The predicted molar refractivity (Wildman–Crippen MR) is 134 cm³/mol. The van der Waals surface area contributed by atoms with Crippen LogP contribution in [0.1, 0.15) is 44.6 Å². The highest BCUT2D eigenvalue weighted by Crippen LogP contribution is 2.28. The fraction of sp³-hybridized carbons (Fsp3) is 0.360. The number of rotatable bonds is 12. The number of methoxy groups -OCH3 is 2. The number of hydrogen-bond donors (Lipinski definition) is 2. The van der Waals surface area contributed by atoms with Gasteiger partial charge >= 0.3 is 0 Å². The van der Waals surface area contributed by atoms with Crippen LogP contribution in [0.3, 0.4) is 0 Å². The highest BCUT2D eigenvalue weighted by atomic mass is 32.1. The molecule has 0 fully saturated rings. The van der Waals surface area contributed by atoms with Gasteiger partial charge in [0.05, 0.1) is 20.8 Å². The Kier molecular flexibility index (Phi) is 11.1. The molecule has 2 aromatic rings. The lowest BCUT2D eigenvalue weighted by atomic mass is 10.2. The van der Waals surface area contributed by atoms with E-state index in [1.807, 2.05) is 30.3 Å². The molecule has 0 aliphatic heterocycles. The number of carbonyl (C=O) groups excluding carboxylic acids is 1. The minimum atomic E-state index is -0.336. The van der Waals surface area contributed by atoms with Crippen LogP contribution in [0.25, 0.3) is 6.08 Å². The number of ether oxygens (including phenoxy) is 3. The Morgan fingerprint density at radius 1 is 1.00 bits per heavy atom. The highest BCUT2D eigenvalue weighted by molar-refractivity contribution is 7.80. The van der Waals surface area contributed by atoms with Crippen molar-refractivity contribution in [2.45, 2.75) is 39.0 Å². The van der Waals surface area contributed by atoms with Crippen LogP contribution in [0, 0.1) is 0 Å². The van der Waals surface area contributed by atoms with E-state index >= 15 is 0 Å². The second kappa shape index (κ2) is 14.1. The van der Waals surface area contributed by atoms with E-state index in [4.69, 9.17) is 26.4 Å². The lowest BCUT2D eigenvalue weighted by Crippen LogP contribution is -2.32. The molecular formula is C25H32N2O4S. The third-order valence-electron chi connectivity index (χ3n) is 4.68. The molecule has 0 unspecified atom stereocenters. The van der Waals surface area contributed by atoms with Crippen molar-refractivity contribution < 1.29 is 19.0 Å². The van der Waals surface area contributed by atoms with Gasteiger partial charge in [-0.25, -0.2) is 0 Å². The third kappa shape index (κ3) is 8.98. The smallest absolute Gasteiger partial charge is 0.250 e. The van der Waals surface area contributed by atoms with E-state index in [0.29, 0.717) is 18.1 Å². The summed E-state index contributed by atoms with van der Waals surface area (Å²) in [6.07, 6.45) is 9.05. The number of amides is 1. The molecular weight excluding hydrogens is 424 g/mol. The molecule has 2 aromatic carbocycles. The van der Waals surface area contributed by atoms with E-state index in [-0.39, 0.29) is 11.0 Å². The fourth-order valence-corrected chi connectivity index (χ4v) is 3.22. The summed E-state index contributed by atoms with van der Waals surface area (Å²) in [6, 6.07) is 12.9. The van der Waals surface area contributed by atoms with Crippen molar-refractivity contribution in [2.24, 2.45) is 0 Å². The Morgan fingerprint density at radius 3 is 2.53 bits per heavy atom. The maximum Gasteiger partial charge on any atom is 0.250 e. The average molecular weight is 457 g/mol. The molecule has 172 valence electrons. The molecule has 0 aliphatic rings. The van der Waals surface area contributed by atoms with Crippen LogP contribution in [-0.4, -0.2) is 31.8 Å². The Morgan fingerprint density at radius 2 is 1.78 bits per heavy atom. The average Bonchev–Trinajstić information content (AvgIpc) is 2.80. The van der Waals surface area contributed by atoms with Crippen LogP contribution in [0.4, 0.5) is 5.69 Å². The minimum absolute atomic E-state index is 0.212. The number of unbranched alkanes of at least 4 members (excludes halogenated alkanes) is 4. The molecule has 0 bridgehead atoms. The van der Waals surface area contributed by atoms with Crippen LogP contribution in [-0.2, 0) is 4.79 Å². The number of nitrogens with one attached hydrogen (secondary N) is 2. The van der Waals surface area contributed by atoms with Crippen LogP contribution in [0.2, 0.25) is 0 Å². The molecule has 2 rings (SSSR count). The Labute approximate surface area is 196 Å². The molecule has 6 nitrogen and oxygen atoms in total. The first-order valence-corrected chi connectivity index (χ1v) is 11.2. The summed E-state index contributed by atoms with van der Waals surface area (Å²) in [4.78, 5) is 12.2. The summed E-state index contributed by atoms with van der Waals surface area (Å²) < 4.78 is 16.3. The number of thiocarbonyl (C=S) groups is 1. The zero-order valence-electron chi connectivity index (χ0n) is 19.0. The zero-order chi connectivity index (χ0) is 23.2. The number of carbonyl (C=O) groups is 1.